The van der Waals surface area contributed by atoms with Gasteiger partial charge in [0, 0.05) is 13.0 Å². The second kappa shape index (κ2) is 24.6. The van der Waals surface area contributed by atoms with E-state index in [2.05, 4.69) is 26.6 Å². The van der Waals surface area contributed by atoms with Crippen molar-refractivity contribution in [2.75, 3.05) is 19.7 Å². The summed E-state index contributed by atoms with van der Waals surface area (Å²) in [6.45, 7) is 7.17. The molecular weight excluding hydrogens is 752 g/mol. The maximum absolute atomic E-state index is 14.0. The highest BCUT2D eigenvalue weighted by Gasteiger charge is 2.39. The van der Waals surface area contributed by atoms with Crippen LogP contribution >= 0.6 is 0 Å². The van der Waals surface area contributed by atoms with Gasteiger partial charge < -0.3 is 59.5 Å². The summed E-state index contributed by atoms with van der Waals surface area (Å²) in [5.74, 6) is -6.23. The van der Waals surface area contributed by atoms with Gasteiger partial charge in [-0.1, -0.05) is 58.0 Å². The monoisotopic (exact) mass is 816 g/mol. The Kier molecular flexibility index (Phi) is 20.8. The van der Waals surface area contributed by atoms with Gasteiger partial charge >= 0.3 is 0 Å². The van der Waals surface area contributed by atoms with Crippen LogP contribution in [0.2, 0.25) is 0 Å². The molecule has 1 aliphatic heterocycles. The van der Waals surface area contributed by atoms with Crippen LogP contribution in [-0.4, -0.2) is 119 Å². The third-order valence-electron chi connectivity index (χ3n) is 9.59. The molecule has 0 radical (unpaired) electrons. The molecule has 1 fully saturated rings. The zero-order valence-electron chi connectivity index (χ0n) is 34.0. The highest BCUT2D eigenvalue weighted by molar-refractivity contribution is 5.98. The fraction of sp³-hybridized carbons (Fsp3) is 0.641. The van der Waals surface area contributed by atoms with E-state index in [1.807, 2.05) is 27.7 Å². The minimum Gasteiger partial charge on any atom is -0.394 e. The van der Waals surface area contributed by atoms with Gasteiger partial charge in [0.05, 0.1) is 13.0 Å². The van der Waals surface area contributed by atoms with Gasteiger partial charge in [0.2, 0.25) is 47.3 Å². The van der Waals surface area contributed by atoms with Crippen LogP contribution in [0.1, 0.15) is 84.6 Å². The first-order valence-electron chi connectivity index (χ1n) is 19.9. The molecule has 324 valence electrons. The van der Waals surface area contributed by atoms with Crippen molar-refractivity contribution in [3.8, 4) is 0 Å². The van der Waals surface area contributed by atoms with Gasteiger partial charge in [-0.3, -0.25) is 38.4 Å². The third-order valence-corrected chi connectivity index (χ3v) is 9.59. The van der Waals surface area contributed by atoms with Gasteiger partial charge in [-0.25, -0.2) is 0 Å². The molecule has 0 bridgehead atoms. The number of carbonyl (C=O) groups excluding carboxylic acids is 8. The van der Waals surface area contributed by atoms with E-state index in [9.17, 15) is 43.5 Å². The van der Waals surface area contributed by atoms with Crippen LogP contribution in [-0.2, 0) is 44.8 Å². The van der Waals surface area contributed by atoms with Gasteiger partial charge in [0.25, 0.3) is 0 Å². The van der Waals surface area contributed by atoms with Crippen molar-refractivity contribution in [1.29, 1.82) is 0 Å². The largest absolute Gasteiger partial charge is 0.394 e. The molecule has 1 aromatic rings. The molecule has 58 heavy (non-hydrogen) atoms. The molecule has 0 spiro atoms. The third kappa shape index (κ3) is 16.4. The van der Waals surface area contributed by atoms with Crippen molar-refractivity contribution in [2.24, 2.45) is 34.8 Å². The fourth-order valence-electron chi connectivity index (χ4n) is 6.61. The lowest BCUT2D eigenvalue weighted by Gasteiger charge is -2.30. The van der Waals surface area contributed by atoms with Gasteiger partial charge in [-0.2, -0.15) is 0 Å². The maximum atomic E-state index is 14.0. The van der Waals surface area contributed by atoms with Gasteiger partial charge in [0.15, 0.2) is 0 Å². The molecule has 19 nitrogen and oxygen atoms in total. The van der Waals surface area contributed by atoms with Gasteiger partial charge in [-0.15, -0.1) is 0 Å². The molecule has 8 amide bonds. The average molecular weight is 817 g/mol. The Morgan fingerprint density at radius 3 is 1.72 bits per heavy atom. The van der Waals surface area contributed by atoms with Crippen molar-refractivity contribution in [1.82, 2.24) is 31.5 Å². The zero-order valence-corrected chi connectivity index (χ0v) is 34.0. The van der Waals surface area contributed by atoms with Crippen LogP contribution in [0.4, 0.5) is 0 Å². The number of nitrogens with one attached hydrogen (secondary N) is 5. The number of likely N-dealkylation sites (tertiary alicyclic amines) is 1. The molecule has 0 saturated carbocycles. The smallest absolute Gasteiger partial charge is 0.246 e. The molecule has 1 heterocycles. The Hall–Kier alpha value is -5.14. The van der Waals surface area contributed by atoms with Gasteiger partial charge in [0.1, 0.15) is 42.3 Å². The summed E-state index contributed by atoms with van der Waals surface area (Å²) in [5.41, 5.74) is 23.0. The van der Waals surface area contributed by atoms with E-state index in [0.29, 0.717) is 37.8 Å². The molecule has 0 aromatic heterocycles. The van der Waals surface area contributed by atoms with Crippen LogP contribution in [0.3, 0.4) is 0 Å². The fourth-order valence-corrected chi connectivity index (χ4v) is 6.61. The van der Waals surface area contributed by atoms with E-state index in [0.717, 1.165) is 0 Å². The Morgan fingerprint density at radius 2 is 1.22 bits per heavy atom. The highest BCUT2D eigenvalue weighted by Crippen LogP contribution is 2.19. The first-order chi connectivity index (χ1) is 27.4. The highest BCUT2D eigenvalue weighted by atomic mass is 16.3. The lowest BCUT2D eigenvalue weighted by atomic mass is 9.98. The van der Waals surface area contributed by atoms with E-state index in [-0.39, 0.29) is 44.1 Å². The molecule has 0 aliphatic carbocycles. The molecule has 1 aliphatic rings. The summed E-state index contributed by atoms with van der Waals surface area (Å²) in [7, 11) is 0. The number of nitrogens with zero attached hydrogens (tertiary/aromatic N) is 1. The Morgan fingerprint density at radius 1 is 0.724 bits per heavy atom. The SMILES string of the molecule is CC(C)C[C@H](NC(=O)[C@H](CC(C)C)NC(=O)[C@H](Cc1ccccc1)NC(=O)[C@@H](N)CO)C(=O)N[C@@H](CCCCN)C(=O)N[C@@H](CC(N)=O)C(=O)N1CCC[C@H]1C(N)=O. The molecule has 0 unspecified atom stereocenters. The number of unbranched alkanes of at least 4 members (excludes halogenated alkanes) is 1. The summed E-state index contributed by atoms with van der Waals surface area (Å²) >= 11 is 0. The minimum atomic E-state index is -1.44. The molecule has 14 N–H and O–H groups in total. The molecule has 19 heteroatoms. The predicted octanol–water partition coefficient (Wildman–Crippen LogP) is -2.45. The van der Waals surface area contributed by atoms with Crippen molar-refractivity contribution in [3.05, 3.63) is 35.9 Å². The Labute approximate surface area is 339 Å². The van der Waals surface area contributed by atoms with Gasteiger partial charge in [-0.05, 0) is 68.9 Å². The van der Waals surface area contributed by atoms with E-state index in [1.165, 1.54) is 4.90 Å². The molecule has 1 saturated heterocycles. The number of hydrogen-bond acceptors (Lipinski definition) is 11. The second-order valence-corrected chi connectivity index (χ2v) is 15.6. The lowest BCUT2D eigenvalue weighted by Crippen LogP contribution is -2.60. The lowest BCUT2D eigenvalue weighted by molar-refractivity contribution is -0.142. The number of nitrogens with two attached hydrogens (primary N) is 4. The first-order valence-corrected chi connectivity index (χ1v) is 19.9. The number of aliphatic hydroxyl groups is 1. The van der Waals surface area contributed by atoms with Crippen molar-refractivity contribution >= 4 is 47.3 Å². The average Bonchev–Trinajstić information content (AvgIpc) is 3.66. The molecule has 1 aromatic carbocycles. The number of primary amides is 2. The van der Waals surface area contributed by atoms with E-state index in [1.54, 1.807) is 30.3 Å². The quantitative estimate of drug-likeness (QED) is 0.0462. The van der Waals surface area contributed by atoms with Crippen LogP contribution in [0.15, 0.2) is 30.3 Å². The van der Waals surface area contributed by atoms with Crippen LogP contribution in [0, 0.1) is 11.8 Å². The van der Waals surface area contributed by atoms with Crippen molar-refractivity contribution in [3.63, 3.8) is 0 Å². The van der Waals surface area contributed by atoms with Crippen molar-refractivity contribution < 1.29 is 43.5 Å². The molecular formula is C39H64N10O9. The summed E-state index contributed by atoms with van der Waals surface area (Å²) < 4.78 is 0. The second-order valence-electron chi connectivity index (χ2n) is 15.6. The summed E-state index contributed by atoms with van der Waals surface area (Å²) in [6.07, 6.45) is 1.56. The van der Waals surface area contributed by atoms with Crippen molar-refractivity contribution in [2.45, 2.75) is 128 Å². The Bertz CT molecular complexity index is 1560. The molecule has 2 rings (SSSR count). The van der Waals surface area contributed by atoms with Crippen LogP contribution < -0.4 is 49.5 Å². The van der Waals surface area contributed by atoms with E-state index < -0.39 is 103 Å². The molecule has 7 atom stereocenters. The number of aliphatic hydroxyl groups excluding tert-OH is 1. The van der Waals surface area contributed by atoms with Crippen LogP contribution in [0.25, 0.3) is 0 Å². The summed E-state index contributed by atoms with van der Waals surface area (Å²) in [4.78, 5) is 107. The minimum absolute atomic E-state index is 0.0498. The number of hydrogen-bond donors (Lipinski definition) is 10. The Balaban J connectivity index is 2.35. The number of amides is 8. The zero-order chi connectivity index (χ0) is 43.5. The normalized spacial score (nSPS) is 17.0. The summed E-state index contributed by atoms with van der Waals surface area (Å²) in [5, 5.41) is 22.7. The standard InChI is InChI=1S/C39H64N10O9/c1-22(2)17-27(46-37(56)28(18-23(3)4)47-38(57)29(45-34(53)25(41)21-50)19-24-11-6-5-7-12-24)36(55)44-26(13-8-9-15-40)35(54)48-30(20-32(42)51)39(58)49-16-10-14-31(49)33(43)52/h5-7,11-12,22-23,25-31,50H,8-10,13-21,40-41H2,1-4H3,(H2,42,51)(H2,43,52)(H,44,55)(H,45,53)(H,46,56)(H,47,57)(H,48,54)/t25-,26-,27-,28-,29-,30-,31-/m0/s1. The first kappa shape index (κ1) is 49.0. The number of rotatable bonds is 25. The number of benzene rings is 1. The number of carbonyl (C=O) groups is 8. The maximum Gasteiger partial charge on any atom is 0.246 e. The van der Waals surface area contributed by atoms with E-state index in [4.69, 9.17) is 22.9 Å². The van der Waals surface area contributed by atoms with Crippen LogP contribution in [0.5, 0.6) is 0 Å². The topological polar surface area (TPSA) is 324 Å². The predicted molar refractivity (Wildman–Crippen MR) is 214 cm³/mol. The summed E-state index contributed by atoms with van der Waals surface area (Å²) in [6, 6.07) is 0.449. The van der Waals surface area contributed by atoms with E-state index >= 15 is 0 Å².